The number of amides is 1. The predicted molar refractivity (Wildman–Crippen MR) is 75.5 cm³/mol. The van der Waals surface area contributed by atoms with Crippen molar-refractivity contribution in [3.8, 4) is 0 Å². The summed E-state index contributed by atoms with van der Waals surface area (Å²) in [6, 6.07) is -0.456. The smallest absolute Gasteiger partial charge is 0.240 e. The zero-order valence-electron chi connectivity index (χ0n) is 12.5. The molecule has 1 heterocycles. The molecule has 0 radical (unpaired) electrons. The Balaban J connectivity index is 2.03. The summed E-state index contributed by atoms with van der Waals surface area (Å²) in [4.78, 5) is 14.3. The van der Waals surface area contributed by atoms with Gasteiger partial charge in [-0.25, -0.2) is 0 Å². The highest BCUT2D eigenvalue weighted by Crippen LogP contribution is 2.40. The third kappa shape index (κ3) is 2.95. The maximum Gasteiger partial charge on any atom is 0.240 e. The lowest BCUT2D eigenvalue weighted by molar-refractivity contribution is -0.146. The number of piperidine rings is 1. The molecule has 0 spiro atoms. The molecule has 2 rings (SSSR count). The van der Waals surface area contributed by atoms with Crippen molar-refractivity contribution < 1.29 is 9.90 Å². The Morgan fingerprint density at radius 2 is 2.05 bits per heavy atom. The molecule has 2 aliphatic rings. The average molecular weight is 268 g/mol. The number of carbonyl (C=O) groups is 1. The Labute approximate surface area is 116 Å². The molecule has 0 aromatic carbocycles. The summed E-state index contributed by atoms with van der Waals surface area (Å²) in [6.07, 6.45) is 4.92. The molecule has 4 heteroatoms. The molecule has 0 bridgehead atoms. The quantitative estimate of drug-likeness (QED) is 0.757. The van der Waals surface area contributed by atoms with E-state index in [4.69, 9.17) is 5.73 Å². The number of likely N-dealkylation sites (tertiary alicyclic amines) is 1. The van der Waals surface area contributed by atoms with Crippen LogP contribution < -0.4 is 5.73 Å². The number of hydrogen-bond acceptors (Lipinski definition) is 3. The Morgan fingerprint density at radius 1 is 1.37 bits per heavy atom. The molecule has 4 nitrogen and oxygen atoms in total. The van der Waals surface area contributed by atoms with Gasteiger partial charge < -0.3 is 15.7 Å². The van der Waals surface area contributed by atoms with Crippen molar-refractivity contribution in [2.45, 2.75) is 64.5 Å². The second kappa shape index (κ2) is 5.06. The Morgan fingerprint density at radius 3 is 2.68 bits per heavy atom. The number of carbonyl (C=O) groups excluding carboxylic acids is 1. The standard InChI is InChI=1S/C15H28N2O2/c1-14(2,3)12(16)13(18)17-9-8-15(19)7-5-4-6-11(15)10-17/h11-12,19H,4-10,16H2,1-3H3/t11?,12-,15?/m1/s1. The van der Waals surface area contributed by atoms with Gasteiger partial charge in [-0.2, -0.15) is 0 Å². The van der Waals surface area contributed by atoms with Crippen molar-refractivity contribution in [1.82, 2.24) is 4.90 Å². The van der Waals surface area contributed by atoms with Crippen molar-refractivity contribution in [2.24, 2.45) is 17.1 Å². The third-order valence-electron chi connectivity index (χ3n) is 4.94. The van der Waals surface area contributed by atoms with Crippen molar-refractivity contribution in [3.63, 3.8) is 0 Å². The summed E-state index contributed by atoms with van der Waals surface area (Å²) in [5, 5.41) is 10.6. The van der Waals surface area contributed by atoms with Crippen LogP contribution in [0.15, 0.2) is 0 Å². The first-order valence-corrected chi connectivity index (χ1v) is 7.51. The summed E-state index contributed by atoms with van der Waals surface area (Å²) >= 11 is 0. The van der Waals surface area contributed by atoms with E-state index < -0.39 is 11.6 Å². The molecule has 2 fully saturated rings. The van der Waals surface area contributed by atoms with Crippen LogP contribution in [0.25, 0.3) is 0 Å². The van der Waals surface area contributed by atoms with Crippen LogP contribution in [0.3, 0.4) is 0 Å². The second-order valence-electron chi connectivity index (χ2n) is 7.42. The average Bonchev–Trinajstić information content (AvgIpc) is 2.34. The van der Waals surface area contributed by atoms with E-state index in [0.717, 1.165) is 19.3 Å². The molecule has 3 N–H and O–H groups in total. The van der Waals surface area contributed by atoms with E-state index in [1.165, 1.54) is 6.42 Å². The monoisotopic (exact) mass is 268 g/mol. The molecule has 2 unspecified atom stereocenters. The highest BCUT2D eigenvalue weighted by molar-refractivity contribution is 5.82. The largest absolute Gasteiger partial charge is 0.389 e. The number of fused-ring (bicyclic) bond motifs is 1. The van der Waals surface area contributed by atoms with Crippen LogP contribution in [0.4, 0.5) is 0 Å². The van der Waals surface area contributed by atoms with E-state index in [1.807, 2.05) is 25.7 Å². The first-order valence-electron chi connectivity index (χ1n) is 7.51. The molecule has 110 valence electrons. The van der Waals surface area contributed by atoms with Crippen LogP contribution in [0, 0.1) is 11.3 Å². The Bertz CT molecular complexity index is 351. The number of nitrogens with two attached hydrogens (primary N) is 1. The molecule has 0 aromatic heterocycles. The normalized spacial score (nSPS) is 33.7. The van der Waals surface area contributed by atoms with E-state index in [1.54, 1.807) is 0 Å². The molecule has 1 amide bonds. The van der Waals surface area contributed by atoms with Crippen LogP contribution >= 0.6 is 0 Å². The number of rotatable bonds is 1. The van der Waals surface area contributed by atoms with Crippen molar-refractivity contribution in [2.75, 3.05) is 13.1 Å². The van der Waals surface area contributed by atoms with Gasteiger partial charge in [0.1, 0.15) is 0 Å². The molecule has 3 atom stereocenters. The highest BCUT2D eigenvalue weighted by Gasteiger charge is 2.45. The van der Waals surface area contributed by atoms with E-state index in [0.29, 0.717) is 19.5 Å². The van der Waals surface area contributed by atoms with E-state index >= 15 is 0 Å². The minimum atomic E-state index is -0.527. The SMILES string of the molecule is CC(C)(C)[C@H](N)C(=O)N1CCC2(O)CCCCC2C1. The van der Waals surface area contributed by atoms with Gasteiger partial charge in [0.25, 0.3) is 0 Å². The van der Waals surface area contributed by atoms with Gasteiger partial charge >= 0.3 is 0 Å². The zero-order valence-corrected chi connectivity index (χ0v) is 12.5. The van der Waals surface area contributed by atoms with Gasteiger partial charge in [-0.15, -0.1) is 0 Å². The number of aliphatic hydroxyl groups is 1. The fourth-order valence-corrected chi connectivity index (χ4v) is 3.34. The van der Waals surface area contributed by atoms with Crippen LogP contribution in [0.5, 0.6) is 0 Å². The molecular formula is C15H28N2O2. The first-order chi connectivity index (χ1) is 8.74. The van der Waals surface area contributed by atoms with Gasteiger partial charge in [-0.05, 0) is 24.7 Å². The summed E-state index contributed by atoms with van der Waals surface area (Å²) in [7, 11) is 0. The van der Waals surface area contributed by atoms with E-state index in [9.17, 15) is 9.90 Å². The van der Waals surface area contributed by atoms with Crippen LogP contribution in [0.2, 0.25) is 0 Å². The van der Waals surface area contributed by atoms with Crippen LogP contribution in [-0.4, -0.2) is 40.6 Å². The maximum absolute atomic E-state index is 12.4. The molecule has 1 saturated carbocycles. The van der Waals surface area contributed by atoms with Gasteiger partial charge in [-0.3, -0.25) is 4.79 Å². The van der Waals surface area contributed by atoms with Gasteiger partial charge in [0.15, 0.2) is 0 Å². The molecule has 1 aliphatic heterocycles. The zero-order chi connectivity index (χ0) is 14.3. The van der Waals surface area contributed by atoms with E-state index in [2.05, 4.69) is 0 Å². The van der Waals surface area contributed by atoms with Crippen molar-refractivity contribution in [3.05, 3.63) is 0 Å². The van der Waals surface area contributed by atoms with Gasteiger partial charge in [0.2, 0.25) is 5.91 Å². The van der Waals surface area contributed by atoms with Gasteiger partial charge in [0.05, 0.1) is 11.6 Å². The Kier molecular flexibility index (Phi) is 3.94. The van der Waals surface area contributed by atoms with Crippen LogP contribution in [-0.2, 0) is 4.79 Å². The van der Waals surface area contributed by atoms with Crippen molar-refractivity contribution in [1.29, 1.82) is 0 Å². The lowest BCUT2D eigenvalue weighted by Crippen LogP contribution is -2.59. The maximum atomic E-state index is 12.4. The summed E-state index contributed by atoms with van der Waals surface area (Å²) in [5.41, 5.74) is 5.33. The minimum absolute atomic E-state index is 0.0418. The second-order valence-corrected chi connectivity index (χ2v) is 7.42. The Hall–Kier alpha value is -0.610. The number of nitrogens with zero attached hydrogens (tertiary/aromatic N) is 1. The summed E-state index contributed by atoms with van der Waals surface area (Å²) < 4.78 is 0. The molecule has 19 heavy (non-hydrogen) atoms. The lowest BCUT2D eigenvalue weighted by Gasteiger charge is -2.48. The fourth-order valence-electron chi connectivity index (χ4n) is 3.34. The molecular weight excluding hydrogens is 240 g/mol. The van der Waals surface area contributed by atoms with Crippen molar-refractivity contribution >= 4 is 5.91 Å². The predicted octanol–water partition coefficient (Wildman–Crippen LogP) is 1.51. The minimum Gasteiger partial charge on any atom is -0.389 e. The summed E-state index contributed by atoms with van der Waals surface area (Å²) in [5.74, 6) is 0.284. The lowest BCUT2D eigenvalue weighted by atomic mass is 9.71. The third-order valence-corrected chi connectivity index (χ3v) is 4.94. The van der Waals surface area contributed by atoms with Gasteiger partial charge in [-0.1, -0.05) is 33.6 Å². The fraction of sp³-hybridized carbons (Fsp3) is 0.933. The number of hydrogen-bond donors (Lipinski definition) is 2. The van der Waals surface area contributed by atoms with E-state index in [-0.39, 0.29) is 17.2 Å². The first kappa shape index (κ1) is 14.8. The molecule has 1 aliphatic carbocycles. The molecule has 0 aromatic rings. The van der Waals surface area contributed by atoms with Crippen LogP contribution in [0.1, 0.15) is 52.9 Å². The highest BCUT2D eigenvalue weighted by atomic mass is 16.3. The van der Waals surface area contributed by atoms with Gasteiger partial charge in [0, 0.05) is 19.0 Å². The summed E-state index contributed by atoms with van der Waals surface area (Å²) in [6.45, 7) is 7.32. The molecule has 1 saturated heterocycles. The topological polar surface area (TPSA) is 66.6 Å².